The molecule has 0 aromatic heterocycles. The molecule has 0 aromatic carbocycles. The SMILES string of the molecule is CCCCCCCCCCCCCCCCCC(=O)O[C@]1(C(=O)COC(=O)CCC)CC[C@H]2[C@@H]3CCC4=CC(=O)CC[C@]4(C)C3=CC[C@@]21C. The fourth-order valence-corrected chi connectivity index (χ4v) is 9.96. The number of esters is 2. The van der Waals surface area contributed by atoms with E-state index in [-0.39, 0.29) is 47.9 Å². The van der Waals surface area contributed by atoms with E-state index in [1.54, 1.807) is 0 Å². The zero-order chi connectivity index (χ0) is 35.3. The average molecular weight is 681 g/mol. The van der Waals surface area contributed by atoms with Crippen LogP contribution in [-0.4, -0.2) is 35.7 Å². The topological polar surface area (TPSA) is 86.7 Å². The van der Waals surface area contributed by atoms with E-state index < -0.39 is 11.0 Å². The van der Waals surface area contributed by atoms with E-state index in [1.165, 1.54) is 88.2 Å². The highest BCUT2D eigenvalue weighted by atomic mass is 16.6. The fraction of sp³-hybridized carbons (Fsp3) is 0.814. The lowest BCUT2D eigenvalue weighted by molar-refractivity contribution is -0.186. The Kier molecular flexibility index (Phi) is 15.2. The molecule has 6 heteroatoms. The highest BCUT2D eigenvalue weighted by Gasteiger charge is 2.67. The molecule has 0 aromatic rings. The zero-order valence-electron chi connectivity index (χ0n) is 31.6. The maximum atomic E-state index is 14.1. The lowest BCUT2D eigenvalue weighted by atomic mass is 9.50. The third kappa shape index (κ3) is 9.56. The van der Waals surface area contributed by atoms with E-state index in [1.807, 2.05) is 13.0 Å². The molecule has 0 amide bonds. The number of unbranched alkanes of at least 4 members (excludes halogenated alkanes) is 14. The van der Waals surface area contributed by atoms with Crippen LogP contribution in [0.5, 0.6) is 0 Å². The molecule has 4 aliphatic rings. The molecular formula is C43H68O6. The molecule has 6 nitrogen and oxygen atoms in total. The Morgan fingerprint density at radius 3 is 1.96 bits per heavy atom. The van der Waals surface area contributed by atoms with Crippen molar-refractivity contribution < 1.29 is 28.7 Å². The largest absolute Gasteiger partial charge is 0.457 e. The Bertz CT molecular complexity index is 1200. The minimum absolute atomic E-state index is 0.104. The van der Waals surface area contributed by atoms with Gasteiger partial charge in [-0.15, -0.1) is 0 Å². The van der Waals surface area contributed by atoms with E-state index in [2.05, 4.69) is 26.8 Å². The van der Waals surface area contributed by atoms with Gasteiger partial charge in [0.1, 0.15) is 0 Å². The van der Waals surface area contributed by atoms with Crippen molar-refractivity contribution in [2.75, 3.05) is 6.61 Å². The van der Waals surface area contributed by atoms with Crippen LogP contribution in [0.4, 0.5) is 0 Å². The summed E-state index contributed by atoms with van der Waals surface area (Å²) in [6, 6.07) is 0. The van der Waals surface area contributed by atoms with Crippen molar-refractivity contribution in [1.29, 1.82) is 0 Å². The summed E-state index contributed by atoms with van der Waals surface area (Å²) in [5, 5.41) is 0. The van der Waals surface area contributed by atoms with Crippen LogP contribution in [0, 0.1) is 22.7 Å². The standard InChI is InChI=1S/C43H68O6/c1-5-7-8-9-10-11-12-13-14-15-16-17-18-19-20-22-40(47)49-43(38(45)32-48-39(46)21-6-2)30-27-37-35-24-23-33-31-34(44)25-28-41(33,3)36(35)26-29-42(37,43)4/h26,31,35,37H,5-25,27-30,32H2,1-4H3/t35-,37+,41+,42+,43+/m1/s1. The summed E-state index contributed by atoms with van der Waals surface area (Å²) in [4.78, 5) is 52.2. The van der Waals surface area contributed by atoms with Crippen LogP contribution >= 0.6 is 0 Å². The molecule has 0 unspecified atom stereocenters. The van der Waals surface area contributed by atoms with Crippen molar-refractivity contribution >= 4 is 23.5 Å². The Hall–Kier alpha value is -2.24. The number of hydrogen-bond acceptors (Lipinski definition) is 6. The lowest BCUT2D eigenvalue weighted by Crippen LogP contribution is -2.58. The number of carbonyl (C=O) groups is 4. The molecule has 5 atom stereocenters. The molecule has 4 aliphatic carbocycles. The molecule has 0 N–H and O–H groups in total. The Morgan fingerprint density at radius 1 is 0.735 bits per heavy atom. The second-order valence-corrected chi connectivity index (χ2v) is 16.4. The second kappa shape index (κ2) is 18.8. The van der Waals surface area contributed by atoms with E-state index >= 15 is 0 Å². The molecule has 0 saturated heterocycles. The third-order valence-corrected chi connectivity index (χ3v) is 13.0. The number of ketones is 2. The normalized spacial score (nSPS) is 28.9. The van der Waals surface area contributed by atoms with Crippen LogP contribution in [-0.2, 0) is 28.7 Å². The molecule has 2 fully saturated rings. The third-order valence-electron chi connectivity index (χ3n) is 13.0. The first-order valence-corrected chi connectivity index (χ1v) is 20.5. The van der Waals surface area contributed by atoms with Gasteiger partial charge in [-0.05, 0) is 69.3 Å². The minimum atomic E-state index is -1.29. The Morgan fingerprint density at radius 2 is 1.35 bits per heavy atom. The molecule has 276 valence electrons. The molecular weight excluding hydrogens is 612 g/mol. The van der Waals surface area contributed by atoms with Gasteiger partial charge in [0, 0.05) is 30.1 Å². The summed E-state index contributed by atoms with van der Waals surface area (Å²) in [7, 11) is 0. The van der Waals surface area contributed by atoms with Gasteiger partial charge in [-0.25, -0.2) is 0 Å². The maximum Gasteiger partial charge on any atom is 0.306 e. The van der Waals surface area contributed by atoms with Crippen LogP contribution < -0.4 is 0 Å². The molecule has 0 spiro atoms. The van der Waals surface area contributed by atoms with Gasteiger partial charge in [0.25, 0.3) is 0 Å². The van der Waals surface area contributed by atoms with Crippen molar-refractivity contribution in [3.05, 3.63) is 23.3 Å². The monoisotopic (exact) mass is 681 g/mol. The van der Waals surface area contributed by atoms with Crippen LogP contribution in [0.25, 0.3) is 0 Å². The summed E-state index contributed by atoms with van der Waals surface area (Å²) in [5.74, 6) is -0.234. The van der Waals surface area contributed by atoms with Crippen molar-refractivity contribution in [1.82, 2.24) is 0 Å². The van der Waals surface area contributed by atoms with Crippen LogP contribution in [0.1, 0.15) is 188 Å². The summed E-state index contributed by atoms with van der Waals surface area (Å²) in [5.41, 5.74) is 0.711. The van der Waals surface area contributed by atoms with Crippen molar-refractivity contribution in [3.63, 3.8) is 0 Å². The highest BCUT2D eigenvalue weighted by Crippen LogP contribution is 2.66. The predicted octanol–water partition coefficient (Wildman–Crippen LogP) is 10.9. The number of carbonyl (C=O) groups excluding carboxylic acids is 4. The van der Waals surface area contributed by atoms with Gasteiger partial charge >= 0.3 is 11.9 Å². The van der Waals surface area contributed by atoms with Gasteiger partial charge in [-0.2, -0.15) is 0 Å². The summed E-state index contributed by atoms with van der Waals surface area (Å²) in [6.07, 6.45) is 29.6. The van der Waals surface area contributed by atoms with E-state index in [0.29, 0.717) is 38.0 Å². The van der Waals surface area contributed by atoms with E-state index in [4.69, 9.17) is 9.47 Å². The first-order valence-electron chi connectivity index (χ1n) is 20.5. The van der Waals surface area contributed by atoms with Crippen molar-refractivity contribution in [2.24, 2.45) is 22.7 Å². The first kappa shape index (κ1) is 39.5. The van der Waals surface area contributed by atoms with Crippen molar-refractivity contribution in [2.45, 2.75) is 194 Å². The van der Waals surface area contributed by atoms with Gasteiger partial charge in [-0.3, -0.25) is 19.2 Å². The van der Waals surface area contributed by atoms with Crippen LogP contribution in [0.2, 0.25) is 0 Å². The van der Waals surface area contributed by atoms with Gasteiger partial charge in [0.05, 0.1) is 0 Å². The van der Waals surface area contributed by atoms with Crippen LogP contribution in [0.15, 0.2) is 23.3 Å². The van der Waals surface area contributed by atoms with Gasteiger partial charge in [0.15, 0.2) is 18.0 Å². The smallest absolute Gasteiger partial charge is 0.306 e. The zero-order valence-corrected chi connectivity index (χ0v) is 31.6. The Balaban J connectivity index is 1.30. The molecule has 4 rings (SSSR count). The van der Waals surface area contributed by atoms with Crippen LogP contribution in [0.3, 0.4) is 0 Å². The van der Waals surface area contributed by atoms with Gasteiger partial charge in [-0.1, -0.05) is 135 Å². The number of ether oxygens (including phenoxy) is 2. The lowest BCUT2D eigenvalue weighted by Gasteiger charge is -2.55. The molecule has 2 saturated carbocycles. The number of rotatable bonds is 22. The van der Waals surface area contributed by atoms with Gasteiger partial charge < -0.3 is 9.47 Å². The highest BCUT2D eigenvalue weighted by molar-refractivity contribution is 5.94. The molecule has 0 heterocycles. The predicted molar refractivity (Wildman–Crippen MR) is 196 cm³/mol. The quantitative estimate of drug-likeness (QED) is 0.0642. The molecule has 49 heavy (non-hydrogen) atoms. The summed E-state index contributed by atoms with van der Waals surface area (Å²) < 4.78 is 11.9. The average Bonchev–Trinajstić information content (AvgIpc) is 3.38. The minimum Gasteiger partial charge on any atom is -0.457 e. The summed E-state index contributed by atoms with van der Waals surface area (Å²) >= 11 is 0. The fourth-order valence-electron chi connectivity index (χ4n) is 9.96. The second-order valence-electron chi connectivity index (χ2n) is 16.4. The molecule has 0 aliphatic heterocycles. The summed E-state index contributed by atoms with van der Waals surface area (Å²) in [6.45, 7) is 8.27. The maximum absolute atomic E-state index is 14.1. The number of fused-ring (bicyclic) bond motifs is 5. The van der Waals surface area contributed by atoms with E-state index in [9.17, 15) is 19.2 Å². The van der Waals surface area contributed by atoms with E-state index in [0.717, 1.165) is 44.9 Å². The van der Waals surface area contributed by atoms with Gasteiger partial charge in [0.2, 0.25) is 5.78 Å². The van der Waals surface area contributed by atoms with Crippen molar-refractivity contribution in [3.8, 4) is 0 Å². The molecule has 0 bridgehead atoms. The molecule has 0 radical (unpaired) electrons. The number of Topliss-reactive ketones (excluding diaryl/α,β-unsaturated/α-hetero) is 1. The number of allylic oxidation sites excluding steroid dienone is 4. The first-order chi connectivity index (χ1) is 23.6. The Labute approximate surface area is 298 Å². The number of hydrogen-bond donors (Lipinski definition) is 0.